The molecule has 1 aromatic carbocycles. The van der Waals surface area contributed by atoms with Crippen molar-refractivity contribution >= 4 is 10.9 Å². The van der Waals surface area contributed by atoms with E-state index in [9.17, 15) is 0 Å². The number of benzene rings is 1. The van der Waals surface area contributed by atoms with Crippen LogP contribution in [0.4, 0.5) is 0 Å². The quantitative estimate of drug-likeness (QED) is 0.591. The van der Waals surface area contributed by atoms with Gasteiger partial charge < -0.3 is 9.72 Å². The van der Waals surface area contributed by atoms with Crippen molar-refractivity contribution in [1.29, 1.82) is 0 Å². The summed E-state index contributed by atoms with van der Waals surface area (Å²) in [6, 6.07) is 8.35. The van der Waals surface area contributed by atoms with Gasteiger partial charge in [-0.05, 0) is 18.6 Å². The van der Waals surface area contributed by atoms with Crippen molar-refractivity contribution in [3.8, 4) is 0 Å². The number of hydrogen-bond acceptors (Lipinski definition) is 2. The molecule has 0 aliphatic rings. The number of aromatic amines is 1. The van der Waals surface area contributed by atoms with Crippen molar-refractivity contribution in [2.75, 3.05) is 13.8 Å². The minimum atomic E-state index is 0.582. The fourth-order valence-electron chi connectivity index (χ4n) is 1.84. The zero-order valence-corrected chi connectivity index (χ0v) is 9.13. The third kappa shape index (κ3) is 2.03. The molecule has 15 heavy (non-hydrogen) atoms. The number of para-hydroxylation sites is 1. The van der Waals surface area contributed by atoms with E-state index in [-0.39, 0.29) is 0 Å². The second-order valence-electron chi connectivity index (χ2n) is 3.63. The Kier molecular flexibility index (Phi) is 3.04. The minimum Gasteiger partial charge on any atom is -0.370 e. The highest BCUT2D eigenvalue weighted by Crippen LogP contribution is 2.21. The molecule has 80 valence electrons. The first-order valence-corrected chi connectivity index (χ1v) is 5.08. The molecule has 0 unspecified atom stereocenters. The summed E-state index contributed by atoms with van der Waals surface area (Å²) >= 11 is 0. The smallest absolute Gasteiger partial charge is 0.0964 e. The Hall–Kier alpha value is -1.32. The number of aryl methyl sites for hydroxylation is 1. The van der Waals surface area contributed by atoms with Gasteiger partial charge in [0.2, 0.25) is 0 Å². The summed E-state index contributed by atoms with van der Waals surface area (Å²) in [5, 5.41) is 4.52. The molecular formula is C12H16N2O. The second-order valence-corrected chi connectivity index (χ2v) is 3.63. The molecule has 0 bridgehead atoms. The van der Waals surface area contributed by atoms with Gasteiger partial charge in [-0.1, -0.05) is 18.2 Å². The van der Waals surface area contributed by atoms with Gasteiger partial charge >= 0.3 is 0 Å². The number of H-pyrrole nitrogens is 1. The summed E-state index contributed by atoms with van der Waals surface area (Å²) in [6.45, 7) is 3.52. The van der Waals surface area contributed by atoms with E-state index in [1.165, 1.54) is 22.2 Å². The van der Waals surface area contributed by atoms with E-state index in [0.29, 0.717) is 6.73 Å². The van der Waals surface area contributed by atoms with E-state index < -0.39 is 0 Å². The molecule has 0 fully saturated rings. The average molecular weight is 204 g/mol. The Morgan fingerprint density at radius 1 is 1.33 bits per heavy atom. The number of fused-ring (bicyclic) bond motifs is 1. The summed E-state index contributed by atoms with van der Waals surface area (Å²) in [7, 11) is 1.69. The van der Waals surface area contributed by atoms with Crippen LogP contribution in [-0.2, 0) is 11.3 Å². The molecule has 0 amide bonds. The first kappa shape index (κ1) is 10.2. The Morgan fingerprint density at radius 2 is 2.13 bits per heavy atom. The predicted octanol–water partition coefficient (Wildman–Crippen LogP) is 2.17. The van der Waals surface area contributed by atoms with Crippen molar-refractivity contribution < 1.29 is 4.74 Å². The Labute approximate surface area is 89.4 Å². The molecule has 0 saturated carbocycles. The lowest BCUT2D eigenvalue weighted by Gasteiger charge is -2.03. The van der Waals surface area contributed by atoms with E-state index >= 15 is 0 Å². The van der Waals surface area contributed by atoms with Crippen LogP contribution in [0, 0.1) is 6.92 Å². The summed E-state index contributed by atoms with van der Waals surface area (Å²) in [4.78, 5) is 3.37. The van der Waals surface area contributed by atoms with Gasteiger partial charge in [0.05, 0.1) is 6.73 Å². The third-order valence-corrected chi connectivity index (χ3v) is 2.58. The van der Waals surface area contributed by atoms with Crippen molar-refractivity contribution in [1.82, 2.24) is 10.3 Å². The zero-order valence-electron chi connectivity index (χ0n) is 9.13. The van der Waals surface area contributed by atoms with Crippen LogP contribution in [0.3, 0.4) is 0 Å². The molecular weight excluding hydrogens is 188 g/mol. The van der Waals surface area contributed by atoms with Gasteiger partial charge in [-0.2, -0.15) is 0 Å². The molecule has 0 saturated heterocycles. The maximum atomic E-state index is 4.97. The Balaban J connectivity index is 2.28. The van der Waals surface area contributed by atoms with E-state index in [4.69, 9.17) is 4.74 Å². The third-order valence-electron chi connectivity index (χ3n) is 2.58. The number of rotatable bonds is 4. The van der Waals surface area contributed by atoms with E-state index in [1.807, 2.05) is 6.07 Å². The number of aromatic nitrogens is 1. The normalized spacial score (nSPS) is 11.1. The van der Waals surface area contributed by atoms with Gasteiger partial charge in [0.1, 0.15) is 0 Å². The Bertz CT molecular complexity index is 448. The fourth-order valence-corrected chi connectivity index (χ4v) is 1.84. The molecule has 1 aromatic heterocycles. The highest BCUT2D eigenvalue weighted by molar-refractivity contribution is 5.84. The fraction of sp³-hybridized carbons (Fsp3) is 0.333. The molecule has 0 atom stereocenters. The zero-order chi connectivity index (χ0) is 10.7. The number of ether oxygens (including phenoxy) is 1. The lowest BCUT2D eigenvalue weighted by molar-refractivity contribution is 0.174. The monoisotopic (exact) mass is 204 g/mol. The maximum absolute atomic E-state index is 4.97. The molecule has 3 nitrogen and oxygen atoms in total. The van der Waals surface area contributed by atoms with Crippen molar-refractivity contribution in [3.63, 3.8) is 0 Å². The SMILES string of the molecule is COCNCc1c(C)[nH]c2ccccc12. The highest BCUT2D eigenvalue weighted by atomic mass is 16.5. The first-order valence-electron chi connectivity index (χ1n) is 5.08. The summed E-state index contributed by atoms with van der Waals surface area (Å²) in [6.07, 6.45) is 0. The number of hydrogen-bond donors (Lipinski definition) is 2. The predicted molar refractivity (Wildman–Crippen MR) is 61.8 cm³/mol. The van der Waals surface area contributed by atoms with E-state index in [2.05, 4.69) is 35.4 Å². The van der Waals surface area contributed by atoms with E-state index in [1.54, 1.807) is 7.11 Å². The minimum absolute atomic E-state index is 0.582. The molecule has 2 rings (SSSR count). The van der Waals surface area contributed by atoms with Crippen LogP contribution in [0.25, 0.3) is 10.9 Å². The van der Waals surface area contributed by atoms with Gasteiger partial charge in [-0.3, -0.25) is 5.32 Å². The average Bonchev–Trinajstić information content (AvgIpc) is 2.56. The summed E-state index contributed by atoms with van der Waals surface area (Å²) in [5.41, 5.74) is 3.74. The highest BCUT2D eigenvalue weighted by Gasteiger charge is 2.06. The largest absolute Gasteiger partial charge is 0.370 e. The summed E-state index contributed by atoms with van der Waals surface area (Å²) in [5.74, 6) is 0. The van der Waals surface area contributed by atoms with Crippen LogP contribution in [0.5, 0.6) is 0 Å². The van der Waals surface area contributed by atoms with Gasteiger partial charge in [0, 0.05) is 30.3 Å². The molecule has 2 aromatic rings. The van der Waals surface area contributed by atoms with Crippen molar-refractivity contribution in [3.05, 3.63) is 35.5 Å². The maximum Gasteiger partial charge on any atom is 0.0964 e. The first-order chi connectivity index (χ1) is 7.33. The van der Waals surface area contributed by atoms with Crippen LogP contribution < -0.4 is 5.32 Å². The van der Waals surface area contributed by atoms with Crippen molar-refractivity contribution in [2.45, 2.75) is 13.5 Å². The van der Waals surface area contributed by atoms with Crippen molar-refractivity contribution in [2.24, 2.45) is 0 Å². The van der Waals surface area contributed by atoms with E-state index in [0.717, 1.165) is 6.54 Å². The molecule has 0 aliphatic carbocycles. The molecule has 0 radical (unpaired) electrons. The van der Waals surface area contributed by atoms with Gasteiger partial charge in [-0.15, -0.1) is 0 Å². The lowest BCUT2D eigenvalue weighted by Crippen LogP contribution is -2.16. The second kappa shape index (κ2) is 4.47. The van der Waals surface area contributed by atoms with Crippen LogP contribution >= 0.6 is 0 Å². The number of nitrogens with one attached hydrogen (secondary N) is 2. The van der Waals surface area contributed by atoms with Gasteiger partial charge in [0.15, 0.2) is 0 Å². The topological polar surface area (TPSA) is 37.0 Å². The van der Waals surface area contributed by atoms with Crippen LogP contribution in [0.1, 0.15) is 11.3 Å². The summed E-state index contributed by atoms with van der Waals surface area (Å²) < 4.78 is 4.97. The van der Waals surface area contributed by atoms with Crippen LogP contribution in [0.15, 0.2) is 24.3 Å². The van der Waals surface area contributed by atoms with Gasteiger partial charge in [-0.25, -0.2) is 0 Å². The molecule has 2 N–H and O–H groups in total. The standard InChI is InChI=1S/C12H16N2O/c1-9-11(7-13-8-15-2)10-5-3-4-6-12(10)14-9/h3-6,13-14H,7-8H2,1-2H3. The van der Waals surface area contributed by atoms with Gasteiger partial charge in [0.25, 0.3) is 0 Å². The molecule has 0 spiro atoms. The molecule has 1 heterocycles. The molecule has 3 heteroatoms. The van der Waals surface area contributed by atoms with Crippen LogP contribution in [-0.4, -0.2) is 18.8 Å². The lowest BCUT2D eigenvalue weighted by atomic mass is 10.1. The molecule has 0 aliphatic heterocycles. The Morgan fingerprint density at radius 3 is 2.93 bits per heavy atom. The van der Waals surface area contributed by atoms with Crippen LogP contribution in [0.2, 0.25) is 0 Å². The number of methoxy groups -OCH3 is 1.